The molecule has 1 aliphatic rings. The van der Waals surface area contributed by atoms with E-state index < -0.39 is 5.54 Å². The number of carbonyl (C=O) groups excluding carboxylic acids is 2. The first-order valence-corrected chi connectivity index (χ1v) is 7.00. The van der Waals surface area contributed by atoms with Crippen molar-refractivity contribution in [1.82, 2.24) is 24.8 Å². The van der Waals surface area contributed by atoms with Gasteiger partial charge >= 0.3 is 0 Å². The first-order chi connectivity index (χ1) is 9.77. The van der Waals surface area contributed by atoms with E-state index in [9.17, 15) is 9.59 Å². The smallest absolute Gasteiger partial charge is 0.244 e. The van der Waals surface area contributed by atoms with Gasteiger partial charge in [-0.2, -0.15) is 0 Å². The predicted octanol–water partition coefficient (Wildman–Crippen LogP) is -0.837. The molecule has 2 N–H and O–H groups in total. The molecule has 0 unspecified atom stereocenters. The van der Waals surface area contributed by atoms with Gasteiger partial charge in [0.15, 0.2) is 0 Å². The molecule has 2 rings (SSSR count). The highest BCUT2D eigenvalue weighted by Crippen LogP contribution is 2.12. The second-order valence-corrected chi connectivity index (χ2v) is 5.91. The standard InChI is InChI=1S/C13H22N6O2/c1-10(20)17-4-6-18(7-5-17)12(21)9-19-8-11(15-16-19)13(2,3)14/h8H,4-7,9,14H2,1-3H3. The van der Waals surface area contributed by atoms with Gasteiger partial charge in [-0.1, -0.05) is 5.21 Å². The Morgan fingerprint density at radius 2 is 1.81 bits per heavy atom. The molecule has 8 nitrogen and oxygen atoms in total. The minimum Gasteiger partial charge on any atom is -0.339 e. The molecule has 0 aliphatic carbocycles. The van der Waals surface area contributed by atoms with Gasteiger partial charge in [-0.3, -0.25) is 9.59 Å². The van der Waals surface area contributed by atoms with E-state index in [4.69, 9.17) is 5.73 Å². The second kappa shape index (κ2) is 5.80. The predicted molar refractivity (Wildman–Crippen MR) is 76.1 cm³/mol. The number of nitrogens with zero attached hydrogens (tertiary/aromatic N) is 5. The number of hydrogen-bond acceptors (Lipinski definition) is 5. The molecule has 8 heteroatoms. The summed E-state index contributed by atoms with van der Waals surface area (Å²) < 4.78 is 1.50. The zero-order valence-electron chi connectivity index (χ0n) is 12.7. The maximum atomic E-state index is 12.2. The van der Waals surface area contributed by atoms with Gasteiger partial charge in [-0.05, 0) is 13.8 Å². The first-order valence-electron chi connectivity index (χ1n) is 7.00. The molecule has 2 amide bonds. The van der Waals surface area contributed by atoms with Crippen molar-refractivity contribution in [2.75, 3.05) is 26.2 Å². The molecule has 1 aromatic rings. The second-order valence-electron chi connectivity index (χ2n) is 5.91. The highest BCUT2D eigenvalue weighted by molar-refractivity contribution is 5.77. The van der Waals surface area contributed by atoms with Gasteiger partial charge < -0.3 is 15.5 Å². The lowest BCUT2D eigenvalue weighted by molar-refractivity contribution is -0.138. The molecule has 2 heterocycles. The van der Waals surface area contributed by atoms with Crippen LogP contribution in [0, 0.1) is 0 Å². The summed E-state index contributed by atoms with van der Waals surface area (Å²) in [4.78, 5) is 26.9. The molecule has 1 saturated heterocycles. The fourth-order valence-corrected chi connectivity index (χ4v) is 2.18. The molecule has 0 aromatic carbocycles. The van der Waals surface area contributed by atoms with E-state index in [0.29, 0.717) is 31.9 Å². The number of piperazine rings is 1. The van der Waals surface area contributed by atoms with E-state index in [0.717, 1.165) is 0 Å². The van der Waals surface area contributed by atoms with Crippen molar-refractivity contribution in [1.29, 1.82) is 0 Å². The fraction of sp³-hybridized carbons (Fsp3) is 0.692. The van der Waals surface area contributed by atoms with Gasteiger partial charge in [0.05, 0.1) is 11.7 Å². The van der Waals surface area contributed by atoms with Crippen LogP contribution in [0.15, 0.2) is 6.20 Å². The van der Waals surface area contributed by atoms with Crippen molar-refractivity contribution >= 4 is 11.8 Å². The molecule has 1 aromatic heterocycles. The molecule has 1 aliphatic heterocycles. The average molecular weight is 294 g/mol. The maximum Gasteiger partial charge on any atom is 0.244 e. The largest absolute Gasteiger partial charge is 0.339 e. The lowest BCUT2D eigenvalue weighted by Gasteiger charge is -2.34. The normalized spacial score (nSPS) is 16.2. The monoisotopic (exact) mass is 294 g/mol. The van der Waals surface area contributed by atoms with Crippen LogP contribution in [0.25, 0.3) is 0 Å². The minimum atomic E-state index is -0.575. The summed E-state index contributed by atoms with van der Waals surface area (Å²) in [5.41, 5.74) is 6.01. The number of aromatic nitrogens is 3. The Morgan fingerprint density at radius 1 is 1.24 bits per heavy atom. The summed E-state index contributed by atoms with van der Waals surface area (Å²) in [5, 5.41) is 7.92. The van der Waals surface area contributed by atoms with E-state index in [1.54, 1.807) is 22.9 Å². The number of amides is 2. The third-order valence-corrected chi connectivity index (χ3v) is 3.57. The Balaban J connectivity index is 1.91. The molecule has 0 radical (unpaired) electrons. The van der Waals surface area contributed by atoms with Crippen molar-refractivity contribution < 1.29 is 9.59 Å². The van der Waals surface area contributed by atoms with Gasteiger partial charge in [0.25, 0.3) is 0 Å². The van der Waals surface area contributed by atoms with Gasteiger partial charge in [-0.25, -0.2) is 4.68 Å². The summed E-state index contributed by atoms with van der Waals surface area (Å²) in [6.07, 6.45) is 1.70. The minimum absolute atomic E-state index is 0.0236. The van der Waals surface area contributed by atoms with E-state index in [-0.39, 0.29) is 18.4 Å². The molecule has 0 spiro atoms. The van der Waals surface area contributed by atoms with Crippen molar-refractivity contribution in [2.24, 2.45) is 5.73 Å². The Bertz CT molecular complexity index is 525. The number of hydrogen-bond donors (Lipinski definition) is 1. The summed E-state index contributed by atoms with van der Waals surface area (Å²) in [5.74, 6) is 0.0256. The number of nitrogens with two attached hydrogens (primary N) is 1. The lowest BCUT2D eigenvalue weighted by Crippen LogP contribution is -2.50. The van der Waals surface area contributed by atoms with Crippen LogP contribution in [-0.2, 0) is 21.7 Å². The molecule has 1 fully saturated rings. The van der Waals surface area contributed by atoms with E-state index >= 15 is 0 Å². The number of carbonyl (C=O) groups is 2. The Morgan fingerprint density at radius 3 is 2.29 bits per heavy atom. The Kier molecular flexibility index (Phi) is 4.26. The molecule has 21 heavy (non-hydrogen) atoms. The summed E-state index contributed by atoms with van der Waals surface area (Å²) >= 11 is 0. The quantitative estimate of drug-likeness (QED) is 0.784. The Labute approximate surface area is 123 Å². The summed E-state index contributed by atoms with van der Waals surface area (Å²) in [6, 6.07) is 0. The van der Waals surface area contributed by atoms with Crippen LogP contribution in [0.1, 0.15) is 26.5 Å². The van der Waals surface area contributed by atoms with E-state index in [1.165, 1.54) is 4.68 Å². The SMILES string of the molecule is CC(=O)N1CCN(C(=O)Cn2cc(C(C)(C)N)nn2)CC1. The van der Waals surface area contributed by atoms with Crippen LogP contribution in [0.5, 0.6) is 0 Å². The fourth-order valence-electron chi connectivity index (χ4n) is 2.18. The molecular formula is C13H22N6O2. The molecular weight excluding hydrogens is 272 g/mol. The van der Waals surface area contributed by atoms with Gasteiger partial charge in [0.2, 0.25) is 11.8 Å². The zero-order chi connectivity index (χ0) is 15.6. The van der Waals surface area contributed by atoms with Crippen molar-refractivity contribution in [2.45, 2.75) is 32.9 Å². The topological polar surface area (TPSA) is 97.4 Å². The third-order valence-electron chi connectivity index (χ3n) is 3.57. The Hall–Kier alpha value is -1.96. The van der Waals surface area contributed by atoms with Crippen LogP contribution >= 0.6 is 0 Å². The van der Waals surface area contributed by atoms with Gasteiger partial charge in [-0.15, -0.1) is 5.10 Å². The third kappa shape index (κ3) is 3.78. The van der Waals surface area contributed by atoms with E-state index in [1.807, 2.05) is 13.8 Å². The highest BCUT2D eigenvalue weighted by atomic mass is 16.2. The van der Waals surface area contributed by atoms with Crippen LogP contribution < -0.4 is 5.73 Å². The zero-order valence-corrected chi connectivity index (χ0v) is 12.7. The van der Waals surface area contributed by atoms with Crippen LogP contribution in [-0.4, -0.2) is 62.8 Å². The van der Waals surface area contributed by atoms with Crippen molar-refractivity contribution in [3.63, 3.8) is 0 Å². The highest BCUT2D eigenvalue weighted by Gasteiger charge is 2.23. The molecule has 0 saturated carbocycles. The van der Waals surface area contributed by atoms with Crippen LogP contribution in [0.4, 0.5) is 0 Å². The summed E-state index contributed by atoms with van der Waals surface area (Å²) in [7, 11) is 0. The molecule has 0 bridgehead atoms. The number of rotatable bonds is 3. The van der Waals surface area contributed by atoms with Crippen molar-refractivity contribution in [3.8, 4) is 0 Å². The van der Waals surface area contributed by atoms with Crippen molar-refractivity contribution in [3.05, 3.63) is 11.9 Å². The average Bonchev–Trinajstić information content (AvgIpc) is 2.87. The van der Waals surface area contributed by atoms with E-state index in [2.05, 4.69) is 10.3 Å². The molecule has 0 atom stereocenters. The van der Waals surface area contributed by atoms with Crippen LogP contribution in [0.2, 0.25) is 0 Å². The lowest BCUT2D eigenvalue weighted by atomic mass is 10.0. The molecule has 116 valence electrons. The van der Waals surface area contributed by atoms with Crippen LogP contribution in [0.3, 0.4) is 0 Å². The maximum absolute atomic E-state index is 12.2. The van der Waals surface area contributed by atoms with Gasteiger partial charge in [0.1, 0.15) is 12.2 Å². The summed E-state index contributed by atoms with van der Waals surface area (Å²) in [6.45, 7) is 7.64. The van der Waals surface area contributed by atoms with Gasteiger partial charge in [0, 0.05) is 33.1 Å². The first kappa shape index (κ1) is 15.4.